The summed E-state index contributed by atoms with van der Waals surface area (Å²) in [5.74, 6) is 5.30. The number of hydrogen-bond donors (Lipinski definition) is 1. The fraction of sp³-hybridized carbons (Fsp3) is 0.250. The van der Waals surface area contributed by atoms with E-state index in [1.807, 2.05) is 6.07 Å². The van der Waals surface area contributed by atoms with Crippen LogP contribution in [-0.4, -0.2) is 5.91 Å². The van der Waals surface area contributed by atoms with Gasteiger partial charge in [-0.15, -0.1) is 0 Å². The highest BCUT2D eigenvalue weighted by atomic mass is 16.1. The lowest BCUT2D eigenvalue weighted by atomic mass is 9.87. The molecule has 0 unspecified atom stereocenters. The van der Waals surface area contributed by atoms with Crippen LogP contribution in [-0.2, 0) is 17.6 Å². The van der Waals surface area contributed by atoms with Crippen molar-refractivity contribution in [1.29, 1.82) is 0 Å². The molecule has 1 amide bonds. The Balaban J connectivity index is 2.12. The normalized spacial score (nSPS) is 12.0. The number of carbonyl (C=O) groups excluding carboxylic acids is 1. The van der Waals surface area contributed by atoms with Crippen molar-refractivity contribution in [3.8, 4) is 11.8 Å². The van der Waals surface area contributed by atoms with Gasteiger partial charge in [0.2, 0.25) is 5.91 Å². The van der Waals surface area contributed by atoms with Crippen molar-refractivity contribution in [1.82, 2.24) is 0 Å². The number of primary amides is 1. The van der Waals surface area contributed by atoms with E-state index in [9.17, 15) is 4.79 Å². The summed E-state index contributed by atoms with van der Waals surface area (Å²) >= 11 is 0. The number of rotatable bonds is 1. The van der Waals surface area contributed by atoms with Crippen LogP contribution in [0.1, 0.15) is 23.1 Å². The lowest BCUT2D eigenvalue weighted by Crippen LogP contribution is -2.08. The fourth-order valence-electron chi connectivity index (χ4n) is 1.51. The zero-order chi connectivity index (χ0) is 9.97. The molecule has 1 aliphatic carbocycles. The highest BCUT2D eigenvalue weighted by Crippen LogP contribution is 2.23. The summed E-state index contributed by atoms with van der Waals surface area (Å²) in [5, 5.41) is 0. The maximum absolute atomic E-state index is 10.4. The van der Waals surface area contributed by atoms with Gasteiger partial charge in [-0.25, -0.2) is 0 Å². The van der Waals surface area contributed by atoms with Crippen LogP contribution >= 0.6 is 0 Å². The molecule has 0 bridgehead atoms. The molecule has 70 valence electrons. The topological polar surface area (TPSA) is 43.1 Å². The minimum atomic E-state index is -0.374. The molecule has 0 saturated heterocycles. The van der Waals surface area contributed by atoms with Crippen LogP contribution in [0, 0.1) is 11.8 Å². The van der Waals surface area contributed by atoms with E-state index in [2.05, 4.69) is 24.0 Å². The van der Waals surface area contributed by atoms with E-state index < -0.39 is 0 Å². The molecule has 0 aliphatic heterocycles. The first kappa shape index (κ1) is 8.83. The van der Waals surface area contributed by atoms with Crippen LogP contribution < -0.4 is 5.73 Å². The monoisotopic (exact) mass is 185 g/mol. The molecular weight excluding hydrogens is 174 g/mol. The van der Waals surface area contributed by atoms with Gasteiger partial charge in [-0.2, -0.15) is 0 Å². The summed E-state index contributed by atoms with van der Waals surface area (Å²) in [7, 11) is 0. The lowest BCUT2D eigenvalue weighted by Gasteiger charge is -2.17. The number of fused-ring (bicyclic) bond motifs is 1. The molecule has 0 fully saturated rings. The summed E-state index contributed by atoms with van der Waals surface area (Å²) in [6.45, 7) is 0. The van der Waals surface area contributed by atoms with Crippen molar-refractivity contribution in [2.75, 3.05) is 0 Å². The number of aryl methyl sites for hydroxylation is 2. The third-order valence-corrected chi connectivity index (χ3v) is 2.37. The van der Waals surface area contributed by atoms with Gasteiger partial charge in [0.05, 0.1) is 6.42 Å². The molecule has 2 N–H and O–H groups in total. The van der Waals surface area contributed by atoms with Gasteiger partial charge in [0.25, 0.3) is 0 Å². The Labute approximate surface area is 83.1 Å². The van der Waals surface area contributed by atoms with Crippen molar-refractivity contribution in [3.63, 3.8) is 0 Å². The Morgan fingerprint density at radius 3 is 2.71 bits per heavy atom. The molecule has 2 heteroatoms. The van der Waals surface area contributed by atoms with E-state index in [-0.39, 0.29) is 12.3 Å². The molecule has 2 rings (SSSR count). The molecule has 1 aliphatic rings. The Kier molecular flexibility index (Phi) is 2.24. The Hall–Kier alpha value is -1.75. The van der Waals surface area contributed by atoms with Crippen molar-refractivity contribution in [3.05, 3.63) is 34.9 Å². The average Bonchev–Trinajstić information content (AvgIpc) is 2.09. The van der Waals surface area contributed by atoms with E-state index in [1.165, 1.54) is 17.5 Å². The Morgan fingerprint density at radius 1 is 1.36 bits per heavy atom. The summed E-state index contributed by atoms with van der Waals surface area (Å²) in [6.07, 6.45) is 2.47. The van der Waals surface area contributed by atoms with E-state index in [0.29, 0.717) is 0 Å². The second-order valence-electron chi connectivity index (χ2n) is 3.43. The van der Waals surface area contributed by atoms with E-state index in [0.717, 1.165) is 12.0 Å². The molecule has 1 aromatic rings. The van der Waals surface area contributed by atoms with Crippen molar-refractivity contribution >= 4 is 5.91 Å². The maximum Gasteiger partial charge on any atom is 0.229 e. The molecule has 0 spiro atoms. The molecule has 0 saturated carbocycles. The van der Waals surface area contributed by atoms with E-state index in [1.54, 1.807) is 0 Å². The van der Waals surface area contributed by atoms with Crippen LogP contribution in [0.25, 0.3) is 0 Å². The number of carbonyl (C=O) groups is 1. The first-order chi connectivity index (χ1) is 6.75. The van der Waals surface area contributed by atoms with Gasteiger partial charge in [-0.05, 0) is 36.1 Å². The highest BCUT2D eigenvalue weighted by Gasteiger charge is 2.11. The van der Waals surface area contributed by atoms with Gasteiger partial charge in [-0.3, -0.25) is 4.79 Å². The van der Waals surface area contributed by atoms with Gasteiger partial charge >= 0.3 is 0 Å². The molecule has 0 heterocycles. The zero-order valence-corrected chi connectivity index (χ0v) is 7.84. The smallest absolute Gasteiger partial charge is 0.229 e. The first-order valence-corrected chi connectivity index (χ1v) is 4.65. The second kappa shape index (κ2) is 3.55. The Bertz CT molecular complexity index is 437. The van der Waals surface area contributed by atoms with Crippen LogP contribution in [0.4, 0.5) is 0 Å². The highest BCUT2D eigenvalue weighted by molar-refractivity contribution is 5.76. The van der Waals surface area contributed by atoms with Gasteiger partial charge in [0, 0.05) is 5.56 Å². The minimum absolute atomic E-state index is 0.136. The predicted octanol–water partition coefficient (Wildman–Crippen LogP) is 1.01. The second-order valence-corrected chi connectivity index (χ2v) is 3.43. The molecule has 2 nitrogen and oxygen atoms in total. The molecule has 1 aromatic carbocycles. The number of benzene rings is 1. The van der Waals surface area contributed by atoms with E-state index >= 15 is 0 Å². The largest absolute Gasteiger partial charge is 0.369 e. The minimum Gasteiger partial charge on any atom is -0.369 e. The maximum atomic E-state index is 10.4. The lowest BCUT2D eigenvalue weighted by molar-refractivity contribution is -0.117. The average molecular weight is 185 g/mol. The van der Waals surface area contributed by atoms with Crippen molar-refractivity contribution in [2.24, 2.45) is 5.73 Å². The first-order valence-electron chi connectivity index (χ1n) is 4.65. The Morgan fingerprint density at radius 2 is 2.14 bits per heavy atom. The third kappa shape index (κ3) is 1.77. The van der Waals surface area contributed by atoms with Crippen LogP contribution in [0.3, 0.4) is 0 Å². The molecular formula is C12H11NO. The van der Waals surface area contributed by atoms with Crippen LogP contribution in [0.2, 0.25) is 0 Å². The molecule has 0 atom stereocenters. The number of amides is 1. The third-order valence-electron chi connectivity index (χ3n) is 2.37. The van der Waals surface area contributed by atoms with Crippen LogP contribution in [0.15, 0.2) is 18.2 Å². The standard InChI is InChI=1S/C12H11NO/c13-12(14)3-1-2-9-4-5-10-6-7-11(10)8-9/h4-5,8H,3,6-7H2,(H2,13,14). The molecule has 0 aromatic heterocycles. The predicted molar refractivity (Wildman–Crippen MR) is 54.5 cm³/mol. The van der Waals surface area contributed by atoms with Crippen LogP contribution in [0.5, 0.6) is 0 Å². The summed E-state index contributed by atoms with van der Waals surface area (Å²) in [4.78, 5) is 10.4. The van der Waals surface area contributed by atoms with Gasteiger partial charge < -0.3 is 5.73 Å². The van der Waals surface area contributed by atoms with Crippen molar-refractivity contribution < 1.29 is 4.79 Å². The van der Waals surface area contributed by atoms with Gasteiger partial charge in [0.1, 0.15) is 0 Å². The van der Waals surface area contributed by atoms with Gasteiger partial charge in [-0.1, -0.05) is 17.9 Å². The zero-order valence-electron chi connectivity index (χ0n) is 7.84. The summed E-state index contributed by atoms with van der Waals surface area (Å²) in [6, 6.07) is 6.19. The molecule has 0 radical (unpaired) electrons. The molecule has 14 heavy (non-hydrogen) atoms. The SMILES string of the molecule is NC(=O)CC#Cc1ccc2c(c1)CC2. The van der Waals surface area contributed by atoms with E-state index in [4.69, 9.17) is 5.73 Å². The number of nitrogens with two attached hydrogens (primary N) is 1. The van der Waals surface area contributed by atoms with Gasteiger partial charge in [0.15, 0.2) is 0 Å². The fourth-order valence-corrected chi connectivity index (χ4v) is 1.51. The quantitative estimate of drug-likeness (QED) is 0.652. The summed E-state index contributed by atoms with van der Waals surface area (Å²) in [5.41, 5.74) is 8.76. The number of hydrogen-bond acceptors (Lipinski definition) is 1. The summed E-state index contributed by atoms with van der Waals surface area (Å²) < 4.78 is 0. The van der Waals surface area contributed by atoms with Crippen molar-refractivity contribution in [2.45, 2.75) is 19.3 Å².